The summed E-state index contributed by atoms with van der Waals surface area (Å²) in [7, 11) is 1.65. The van der Waals surface area contributed by atoms with Crippen LogP contribution in [0.15, 0.2) is 37.1 Å². The Hall–Kier alpha value is -2.40. The number of carbonyl (C=O) groups is 1. The number of ketones is 1. The molecular formula is C22H29N3O2. The van der Waals surface area contributed by atoms with Gasteiger partial charge in [0.1, 0.15) is 5.75 Å². The van der Waals surface area contributed by atoms with Gasteiger partial charge >= 0.3 is 0 Å². The second kappa shape index (κ2) is 8.53. The zero-order chi connectivity index (χ0) is 19.4. The largest absolute Gasteiger partial charge is 0.497 e. The molecule has 5 heteroatoms. The highest BCUT2D eigenvalue weighted by Crippen LogP contribution is 2.26. The normalized spacial score (nSPS) is 17.7. The number of aryl methyl sites for hydroxylation is 1. The highest BCUT2D eigenvalue weighted by Gasteiger charge is 2.28. The maximum atomic E-state index is 13.1. The van der Waals surface area contributed by atoms with Gasteiger partial charge in [-0.25, -0.2) is 0 Å². The number of nitrogens with zero attached hydrogens (tertiary/aromatic N) is 3. The lowest BCUT2D eigenvalue weighted by atomic mass is 9.88. The summed E-state index contributed by atoms with van der Waals surface area (Å²) >= 11 is 0. The summed E-state index contributed by atoms with van der Waals surface area (Å²) in [4.78, 5) is 15.5. The van der Waals surface area contributed by atoms with Crippen molar-refractivity contribution >= 4 is 5.78 Å². The van der Waals surface area contributed by atoms with E-state index in [0.717, 1.165) is 55.9 Å². The minimum Gasteiger partial charge on any atom is -0.497 e. The van der Waals surface area contributed by atoms with E-state index in [0.29, 0.717) is 0 Å². The fourth-order valence-electron chi connectivity index (χ4n) is 3.86. The van der Waals surface area contributed by atoms with Crippen LogP contribution < -0.4 is 4.74 Å². The van der Waals surface area contributed by atoms with Crippen LogP contribution in [0.5, 0.6) is 5.75 Å². The van der Waals surface area contributed by atoms with Gasteiger partial charge in [-0.15, -0.1) is 6.58 Å². The van der Waals surface area contributed by atoms with E-state index in [2.05, 4.69) is 23.5 Å². The fourth-order valence-corrected chi connectivity index (χ4v) is 3.86. The average molecular weight is 367 g/mol. The predicted octanol–water partition coefficient (Wildman–Crippen LogP) is 3.79. The Morgan fingerprint density at radius 2 is 2.22 bits per heavy atom. The van der Waals surface area contributed by atoms with Crippen molar-refractivity contribution in [1.82, 2.24) is 14.7 Å². The SMILES string of the molecule is C=CCn1ncc(CN2CCC[C@H](C(=O)c3ccc(OC)cc3C)C2)c1C. The quantitative estimate of drug-likeness (QED) is 0.552. The molecule has 0 saturated carbocycles. The zero-order valence-corrected chi connectivity index (χ0v) is 16.6. The fraction of sp³-hybridized carbons (Fsp3) is 0.455. The lowest BCUT2D eigenvalue weighted by Gasteiger charge is -2.32. The number of hydrogen-bond acceptors (Lipinski definition) is 4. The topological polar surface area (TPSA) is 47.4 Å². The maximum Gasteiger partial charge on any atom is 0.167 e. The van der Waals surface area contributed by atoms with Crippen molar-refractivity contribution in [3.63, 3.8) is 0 Å². The number of rotatable bonds is 7. The van der Waals surface area contributed by atoms with Crippen LogP contribution >= 0.6 is 0 Å². The molecule has 2 aromatic rings. The van der Waals surface area contributed by atoms with Gasteiger partial charge in [0.15, 0.2) is 5.78 Å². The average Bonchev–Trinajstić information content (AvgIpc) is 3.01. The standard InChI is InChI=1S/C22H29N3O2/c1-5-10-25-17(3)19(13-23-25)15-24-11-6-7-18(14-24)22(26)21-9-8-20(27-4)12-16(21)2/h5,8-9,12-13,18H,1,6-7,10-11,14-15H2,2-4H3/t18-/m0/s1. The molecule has 1 aromatic heterocycles. The summed E-state index contributed by atoms with van der Waals surface area (Å²) in [5, 5.41) is 4.44. The van der Waals surface area contributed by atoms with Gasteiger partial charge in [0.2, 0.25) is 0 Å². The van der Waals surface area contributed by atoms with Crippen LogP contribution in [-0.4, -0.2) is 40.7 Å². The molecule has 3 rings (SSSR count). The minimum atomic E-state index is 0.0503. The maximum absolute atomic E-state index is 13.1. The number of piperidine rings is 1. The number of aromatic nitrogens is 2. The first-order chi connectivity index (χ1) is 13.0. The van der Waals surface area contributed by atoms with Gasteiger partial charge in [-0.3, -0.25) is 14.4 Å². The van der Waals surface area contributed by atoms with E-state index in [1.807, 2.05) is 42.1 Å². The Kier molecular flexibility index (Phi) is 6.11. The van der Waals surface area contributed by atoms with Crippen molar-refractivity contribution in [2.75, 3.05) is 20.2 Å². The number of allylic oxidation sites excluding steroid dienone is 1. The van der Waals surface area contributed by atoms with Gasteiger partial charge in [-0.05, 0) is 57.0 Å². The van der Waals surface area contributed by atoms with Crippen LogP contribution in [-0.2, 0) is 13.1 Å². The Morgan fingerprint density at radius 3 is 2.93 bits per heavy atom. The molecule has 0 unspecified atom stereocenters. The molecule has 0 amide bonds. The number of hydrogen-bond donors (Lipinski definition) is 0. The van der Waals surface area contributed by atoms with E-state index in [4.69, 9.17) is 4.74 Å². The van der Waals surface area contributed by atoms with E-state index in [1.165, 1.54) is 11.3 Å². The molecule has 2 heterocycles. The molecule has 144 valence electrons. The van der Waals surface area contributed by atoms with E-state index in [1.54, 1.807) is 7.11 Å². The van der Waals surface area contributed by atoms with Crippen molar-refractivity contribution < 1.29 is 9.53 Å². The number of methoxy groups -OCH3 is 1. The van der Waals surface area contributed by atoms with Gasteiger partial charge in [-0.1, -0.05) is 6.08 Å². The highest BCUT2D eigenvalue weighted by molar-refractivity contribution is 5.99. The minimum absolute atomic E-state index is 0.0503. The van der Waals surface area contributed by atoms with Crippen LogP contribution in [0.2, 0.25) is 0 Å². The smallest absolute Gasteiger partial charge is 0.167 e. The number of ether oxygens (including phenoxy) is 1. The molecule has 5 nitrogen and oxygen atoms in total. The molecule has 0 bridgehead atoms. The Morgan fingerprint density at radius 1 is 1.41 bits per heavy atom. The van der Waals surface area contributed by atoms with Gasteiger partial charge in [0.25, 0.3) is 0 Å². The number of Topliss-reactive ketones (excluding diaryl/α,β-unsaturated/α-hetero) is 1. The molecule has 1 saturated heterocycles. The van der Waals surface area contributed by atoms with Crippen LogP contribution in [0.3, 0.4) is 0 Å². The zero-order valence-electron chi connectivity index (χ0n) is 16.6. The number of likely N-dealkylation sites (tertiary alicyclic amines) is 1. The molecule has 0 radical (unpaired) electrons. The summed E-state index contributed by atoms with van der Waals surface area (Å²) in [5.41, 5.74) is 4.20. The second-order valence-corrected chi connectivity index (χ2v) is 7.35. The molecule has 1 aliphatic heterocycles. The van der Waals surface area contributed by atoms with E-state index < -0.39 is 0 Å². The third-order valence-electron chi connectivity index (χ3n) is 5.48. The molecule has 1 atom stereocenters. The first-order valence-electron chi connectivity index (χ1n) is 9.57. The molecule has 0 aliphatic carbocycles. The van der Waals surface area contributed by atoms with Crippen molar-refractivity contribution in [2.24, 2.45) is 5.92 Å². The molecule has 1 fully saturated rings. The molecular weight excluding hydrogens is 338 g/mol. The van der Waals surface area contributed by atoms with Crippen LogP contribution in [0, 0.1) is 19.8 Å². The third-order valence-corrected chi connectivity index (χ3v) is 5.48. The summed E-state index contributed by atoms with van der Waals surface area (Å²) in [5.74, 6) is 1.09. The van der Waals surface area contributed by atoms with E-state index in [-0.39, 0.29) is 11.7 Å². The molecule has 0 N–H and O–H groups in total. The van der Waals surface area contributed by atoms with E-state index in [9.17, 15) is 4.79 Å². The molecule has 27 heavy (non-hydrogen) atoms. The first-order valence-corrected chi connectivity index (χ1v) is 9.57. The number of benzene rings is 1. The molecule has 0 spiro atoms. The predicted molar refractivity (Wildman–Crippen MR) is 107 cm³/mol. The van der Waals surface area contributed by atoms with Crippen LogP contribution in [0.25, 0.3) is 0 Å². The highest BCUT2D eigenvalue weighted by atomic mass is 16.5. The summed E-state index contributed by atoms with van der Waals surface area (Å²) in [6, 6.07) is 5.71. The van der Waals surface area contributed by atoms with Gasteiger partial charge in [0.05, 0.1) is 19.9 Å². The Bertz CT molecular complexity index is 825. The molecule has 1 aromatic carbocycles. The second-order valence-electron chi connectivity index (χ2n) is 7.35. The van der Waals surface area contributed by atoms with Gasteiger partial charge in [0, 0.05) is 35.8 Å². The number of carbonyl (C=O) groups excluding carboxylic acids is 1. The Labute approximate surface area is 161 Å². The molecule has 1 aliphatic rings. The van der Waals surface area contributed by atoms with Crippen LogP contribution in [0.4, 0.5) is 0 Å². The lowest BCUT2D eigenvalue weighted by Crippen LogP contribution is -2.38. The summed E-state index contributed by atoms with van der Waals surface area (Å²) in [6.45, 7) is 11.3. The van der Waals surface area contributed by atoms with Crippen molar-refractivity contribution in [3.8, 4) is 5.75 Å². The van der Waals surface area contributed by atoms with Crippen molar-refractivity contribution in [3.05, 3.63) is 59.4 Å². The van der Waals surface area contributed by atoms with Gasteiger partial charge in [-0.2, -0.15) is 5.10 Å². The van der Waals surface area contributed by atoms with Crippen molar-refractivity contribution in [2.45, 2.75) is 39.8 Å². The lowest BCUT2D eigenvalue weighted by molar-refractivity contribution is 0.0810. The summed E-state index contributed by atoms with van der Waals surface area (Å²) < 4.78 is 7.22. The Balaban J connectivity index is 1.69. The van der Waals surface area contributed by atoms with Gasteiger partial charge < -0.3 is 4.74 Å². The van der Waals surface area contributed by atoms with Crippen molar-refractivity contribution in [1.29, 1.82) is 0 Å². The summed E-state index contributed by atoms with van der Waals surface area (Å²) in [6.07, 6.45) is 5.80. The van der Waals surface area contributed by atoms with Crippen LogP contribution in [0.1, 0.15) is 40.0 Å². The third kappa shape index (κ3) is 4.30. The monoisotopic (exact) mass is 367 g/mol. The first kappa shape index (κ1) is 19.4. The van der Waals surface area contributed by atoms with E-state index >= 15 is 0 Å².